The molecule has 110 valence electrons. The lowest BCUT2D eigenvalue weighted by atomic mass is 9.83. The molecule has 0 saturated heterocycles. The fraction of sp³-hybridized carbons (Fsp3) is 0.647. The molecule has 1 heterocycles. The summed E-state index contributed by atoms with van der Waals surface area (Å²) in [5.41, 5.74) is 2.10. The molecular formula is C17H25NO2. The van der Waals surface area contributed by atoms with Gasteiger partial charge in [0.15, 0.2) is 0 Å². The second-order valence-electron chi connectivity index (χ2n) is 6.40. The highest BCUT2D eigenvalue weighted by Gasteiger charge is 2.44. The van der Waals surface area contributed by atoms with Gasteiger partial charge in [0.25, 0.3) is 0 Å². The van der Waals surface area contributed by atoms with Crippen molar-refractivity contribution < 1.29 is 9.84 Å². The lowest BCUT2D eigenvalue weighted by Gasteiger charge is -2.41. The third kappa shape index (κ3) is 2.13. The highest BCUT2D eigenvalue weighted by Crippen LogP contribution is 2.46. The minimum Gasteiger partial charge on any atom is -0.493 e. The minimum absolute atomic E-state index is 0.129. The number of hydrogen-bond acceptors (Lipinski definition) is 3. The van der Waals surface area contributed by atoms with Crippen molar-refractivity contribution in [3.63, 3.8) is 0 Å². The molecule has 1 aromatic rings. The van der Waals surface area contributed by atoms with Gasteiger partial charge in [0.2, 0.25) is 0 Å². The van der Waals surface area contributed by atoms with E-state index >= 15 is 0 Å². The Kier molecular flexibility index (Phi) is 3.74. The van der Waals surface area contributed by atoms with Crippen molar-refractivity contribution in [2.24, 2.45) is 0 Å². The Labute approximate surface area is 121 Å². The minimum atomic E-state index is -0.465. The van der Waals surface area contributed by atoms with Gasteiger partial charge in [-0.15, -0.1) is 0 Å². The number of nitrogens with zero attached hydrogens (tertiary/aromatic N) is 1. The van der Waals surface area contributed by atoms with Gasteiger partial charge in [-0.05, 0) is 45.3 Å². The van der Waals surface area contributed by atoms with Crippen molar-refractivity contribution in [1.29, 1.82) is 0 Å². The average molecular weight is 275 g/mol. The highest BCUT2D eigenvalue weighted by atomic mass is 16.5. The van der Waals surface area contributed by atoms with Gasteiger partial charge in [0.1, 0.15) is 11.9 Å². The molecule has 0 aromatic heterocycles. The van der Waals surface area contributed by atoms with Gasteiger partial charge >= 0.3 is 0 Å². The van der Waals surface area contributed by atoms with Gasteiger partial charge in [-0.25, -0.2) is 0 Å². The van der Waals surface area contributed by atoms with Crippen LogP contribution in [0.5, 0.6) is 5.75 Å². The van der Waals surface area contributed by atoms with Crippen LogP contribution in [-0.4, -0.2) is 36.2 Å². The van der Waals surface area contributed by atoms with Crippen LogP contribution >= 0.6 is 0 Å². The summed E-state index contributed by atoms with van der Waals surface area (Å²) in [6.45, 7) is 0.770. The van der Waals surface area contributed by atoms with Crippen LogP contribution in [0.3, 0.4) is 0 Å². The average Bonchev–Trinajstić information content (AvgIpc) is 2.97. The quantitative estimate of drug-likeness (QED) is 0.920. The Balaban J connectivity index is 1.99. The first-order valence-electron chi connectivity index (χ1n) is 7.75. The molecule has 0 amide bonds. The molecule has 1 N–H and O–H groups in total. The SMILES string of the molecule is CN(C)C1(C(O)c2cccc3c2OCCC3)CCCC1. The summed E-state index contributed by atoms with van der Waals surface area (Å²) in [5.74, 6) is 0.944. The number of fused-ring (bicyclic) bond motifs is 1. The van der Waals surface area contributed by atoms with Gasteiger partial charge in [-0.3, -0.25) is 0 Å². The Bertz CT molecular complexity index is 478. The number of likely N-dealkylation sites (N-methyl/N-ethyl adjacent to an activating group) is 1. The molecule has 3 rings (SSSR count). The normalized spacial score (nSPS) is 22.4. The standard InChI is InChI=1S/C17H25NO2/c1-18(2)17(10-3-4-11-17)16(19)14-9-5-7-13-8-6-12-20-15(13)14/h5,7,9,16,19H,3-4,6,8,10-12H2,1-2H3. The summed E-state index contributed by atoms with van der Waals surface area (Å²) in [6, 6.07) is 6.23. The van der Waals surface area contributed by atoms with Gasteiger partial charge in [0, 0.05) is 5.56 Å². The number of hydrogen-bond donors (Lipinski definition) is 1. The predicted octanol–water partition coefficient (Wildman–Crippen LogP) is 2.92. The molecule has 1 atom stereocenters. The number of ether oxygens (including phenoxy) is 1. The number of para-hydroxylation sites is 1. The highest BCUT2D eigenvalue weighted by molar-refractivity contribution is 5.45. The molecule has 3 heteroatoms. The fourth-order valence-electron chi connectivity index (χ4n) is 3.87. The van der Waals surface area contributed by atoms with E-state index in [1.165, 1.54) is 18.4 Å². The van der Waals surface area contributed by atoms with Crippen molar-refractivity contribution in [2.45, 2.75) is 50.2 Å². The van der Waals surface area contributed by atoms with Crippen LogP contribution in [0, 0.1) is 0 Å². The maximum absolute atomic E-state index is 11.1. The smallest absolute Gasteiger partial charge is 0.128 e. The van der Waals surface area contributed by atoms with E-state index in [9.17, 15) is 5.11 Å². The van der Waals surface area contributed by atoms with E-state index in [4.69, 9.17) is 4.74 Å². The molecule has 3 nitrogen and oxygen atoms in total. The first-order chi connectivity index (χ1) is 9.65. The summed E-state index contributed by atoms with van der Waals surface area (Å²) in [6.07, 6.45) is 6.19. The maximum atomic E-state index is 11.1. The van der Waals surface area contributed by atoms with E-state index in [-0.39, 0.29) is 5.54 Å². The van der Waals surface area contributed by atoms with E-state index in [2.05, 4.69) is 31.1 Å². The Morgan fingerprint density at radius 1 is 1.20 bits per heavy atom. The van der Waals surface area contributed by atoms with Crippen LogP contribution in [0.15, 0.2) is 18.2 Å². The molecule has 1 aliphatic heterocycles. The molecule has 1 aromatic carbocycles. The number of aliphatic hydroxyl groups is 1. The van der Waals surface area contributed by atoms with Crippen molar-refractivity contribution in [2.75, 3.05) is 20.7 Å². The zero-order valence-corrected chi connectivity index (χ0v) is 12.6. The summed E-state index contributed by atoms with van der Waals surface area (Å²) in [7, 11) is 4.18. The van der Waals surface area contributed by atoms with E-state index < -0.39 is 6.10 Å². The molecule has 1 fully saturated rings. The van der Waals surface area contributed by atoms with E-state index in [1.54, 1.807) is 0 Å². The van der Waals surface area contributed by atoms with Gasteiger partial charge in [0.05, 0.1) is 12.1 Å². The fourth-order valence-corrected chi connectivity index (χ4v) is 3.87. The predicted molar refractivity (Wildman–Crippen MR) is 80.1 cm³/mol. The second-order valence-corrected chi connectivity index (χ2v) is 6.40. The van der Waals surface area contributed by atoms with Crippen LogP contribution < -0.4 is 4.74 Å². The molecule has 1 aliphatic carbocycles. The van der Waals surface area contributed by atoms with Crippen molar-refractivity contribution in [3.8, 4) is 5.75 Å². The van der Waals surface area contributed by atoms with Crippen LogP contribution in [0.1, 0.15) is 49.3 Å². The van der Waals surface area contributed by atoms with Gasteiger partial charge in [-0.2, -0.15) is 0 Å². The molecule has 2 aliphatic rings. The number of aliphatic hydroxyl groups excluding tert-OH is 1. The molecule has 0 bridgehead atoms. The van der Waals surface area contributed by atoms with E-state index in [1.807, 2.05) is 6.07 Å². The van der Waals surface area contributed by atoms with Crippen molar-refractivity contribution >= 4 is 0 Å². The van der Waals surface area contributed by atoms with Crippen LogP contribution in [0.4, 0.5) is 0 Å². The molecule has 20 heavy (non-hydrogen) atoms. The number of aryl methyl sites for hydroxylation is 1. The number of rotatable bonds is 3. The molecular weight excluding hydrogens is 250 g/mol. The summed E-state index contributed by atoms with van der Waals surface area (Å²) >= 11 is 0. The topological polar surface area (TPSA) is 32.7 Å². The molecule has 1 unspecified atom stereocenters. The summed E-state index contributed by atoms with van der Waals surface area (Å²) in [4.78, 5) is 2.22. The number of benzene rings is 1. The lowest BCUT2D eigenvalue weighted by Crippen LogP contribution is -2.47. The van der Waals surface area contributed by atoms with Crippen molar-refractivity contribution in [1.82, 2.24) is 4.90 Å². The van der Waals surface area contributed by atoms with E-state index in [0.717, 1.165) is 43.6 Å². The Hall–Kier alpha value is -1.06. The zero-order chi connectivity index (χ0) is 14.2. The van der Waals surface area contributed by atoms with Gasteiger partial charge < -0.3 is 14.7 Å². The van der Waals surface area contributed by atoms with Gasteiger partial charge in [-0.1, -0.05) is 31.0 Å². The largest absolute Gasteiger partial charge is 0.493 e. The third-order valence-corrected chi connectivity index (χ3v) is 5.13. The monoisotopic (exact) mass is 275 g/mol. The zero-order valence-electron chi connectivity index (χ0n) is 12.6. The molecule has 0 radical (unpaired) electrons. The van der Waals surface area contributed by atoms with E-state index in [0.29, 0.717) is 0 Å². The van der Waals surface area contributed by atoms with Crippen LogP contribution in [0.25, 0.3) is 0 Å². The van der Waals surface area contributed by atoms with Crippen LogP contribution in [0.2, 0.25) is 0 Å². The Morgan fingerprint density at radius 3 is 2.65 bits per heavy atom. The first kappa shape index (κ1) is 13.9. The first-order valence-corrected chi connectivity index (χ1v) is 7.75. The van der Waals surface area contributed by atoms with Crippen molar-refractivity contribution in [3.05, 3.63) is 29.3 Å². The van der Waals surface area contributed by atoms with Crippen LogP contribution in [-0.2, 0) is 6.42 Å². The molecule has 0 spiro atoms. The molecule has 1 saturated carbocycles. The maximum Gasteiger partial charge on any atom is 0.128 e. The lowest BCUT2D eigenvalue weighted by molar-refractivity contribution is -0.00653. The Morgan fingerprint density at radius 2 is 1.95 bits per heavy atom. The summed E-state index contributed by atoms with van der Waals surface area (Å²) < 4.78 is 5.88. The third-order valence-electron chi connectivity index (χ3n) is 5.13. The summed E-state index contributed by atoms with van der Waals surface area (Å²) in [5, 5.41) is 11.1. The second kappa shape index (κ2) is 5.38.